The predicted octanol–water partition coefficient (Wildman–Crippen LogP) is 2.90. The third-order valence-corrected chi connectivity index (χ3v) is 4.85. The first-order valence-electron chi connectivity index (χ1n) is 9.34. The van der Waals surface area contributed by atoms with Crippen molar-refractivity contribution in [2.45, 2.75) is 33.1 Å². The van der Waals surface area contributed by atoms with Crippen molar-refractivity contribution in [2.24, 2.45) is 11.8 Å². The van der Waals surface area contributed by atoms with Gasteiger partial charge in [-0.3, -0.25) is 4.79 Å². The lowest BCUT2D eigenvalue weighted by Gasteiger charge is -2.28. The molecule has 2 atom stereocenters. The Balaban J connectivity index is 1.92. The van der Waals surface area contributed by atoms with Gasteiger partial charge in [-0.1, -0.05) is 13.0 Å². The summed E-state index contributed by atoms with van der Waals surface area (Å²) in [5.74, 6) is 1.80. The van der Waals surface area contributed by atoms with E-state index in [9.17, 15) is 4.79 Å². The van der Waals surface area contributed by atoms with E-state index in [1.54, 1.807) is 0 Å². The van der Waals surface area contributed by atoms with Crippen molar-refractivity contribution in [3.05, 3.63) is 23.8 Å². The lowest BCUT2D eigenvalue weighted by molar-refractivity contribution is -0.117. The van der Waals surface area contributed by atoms with Crippen molar-refractivity contribution in [3.8, 4) is 5.75 Å². The van der Waals surface area contributed by atoms with Crippen LogP contribution in [0.5, 0.6) is 5.75 Å². The molecular formula is C20H33N3O2. The minimum atomic E-state index is 0.0689. The fourth-order valence-corrected chi connectivity index (χ4v) is 3.22. The van der Waals surface area contributed by atoms with Gasteiger partial charge in [0.2, 0.25) is 5.91 Å². The number of nitrogens with one attached hydrogen (secondary N) is 2. The van der Waals surface area contributed by atoms with Crippen LogP contribution in [0, 0.1) is 18.8 Å². The number of piperidine rings is 1. The molecule has 0 aromatic heterocycles. The fourth-order valence-electron chi connectivity index (χ4n) is 3.22. The predicted molar refractivity (Wildman–Crippen MR) is 103 cm³/mol. The van der Waals surface area contributed by atoms with Crippen LogP contribution in [0.15, 0.2) is 18.2 Å². The van der Waals surface area contributed by atoms with Gasteiger partial charge in [0.1, 0.15) is 12.4 Å². The Morgan fingerprint density at radius 3 is 2.92 bits per heavy atom. The zero-order valence-electron chi connectivity index (χ0n) is 16.1. The maximum Gasteiger partial charge on any atom is 0.224 e. The molecule has 0 bridgehead atoms. The molecule has 25 heavy (non-hydrogen) atoms. The first-order chi connectivity index (χ1) is 12.0. The number of amides is 1. The second-order valence-corrected chi connectivity index (χ2v) is 7.49. The Kier molecular flexibility index (Phi) is 7.72. The van der Waals surface area contributed by atoms with E-state index in [-0.39, 0.29) is 5.91 Å². The number of benzene rings is 1. The number of aryl methyl sites for hydroxylation is 1. The van der Waals surface area contributed by atoms with E-state index in [0.29, 0.717) is 24.9 Å². The van der Waals surface area contributed by atoms with E-state index in [0.717, 1.165) is 36.6 Å². The topological polar surface area (TPSA) is 53.6 Å². The molecule has 5 heteroatoms. The van der Waals surface area contributed by atoms with Crippen LogP contribution in [0.3, 0.4) is 0 Å². The Morgan fingerprint density at radius 1 is 1.44 bits per heavy atom. The Labute approximate surface area is 152 Å². The van der Waals surface area contributed by atoms with Crippen LogP contribution in [0.2, 0.25) is 0 Å². The molecule has 0 radical (unpaired) electrons. The van der Waals surface area contributed by atoms with E-state index < -0.39 is 0 Å². The molecule has 1 amide bonds. The first-order valence-corrected chi connectivity index (χ1v) is 9.34. The van der Waals surface area contributed by atoms with Gasteiger partial charge in [-0.2, -0.15) is 0 Å². The first kappa shape index (κ1) is 19.7. The maximum atomic E-state index is 12.5. The third-order valence-electron chi connectivity index (χ3n) is 4.85. The van der Waals surface area contributed by atoms with Crippen molar-refractivity contribution in [1.29, 1.82) is 0 Å². The fraction of sp³-hybridized carbons (Fsp3) is 0.650. The summed E-state index contributed by atoms with van der Waals surface area (Å²) in [6.45, 7) is 7.78. The standard InChI is InChI=1S/C20H33N3O2/c1-15-7-8-18(19(12-15)25-11-10-23(3)4)22-20(24)13-16(2)17-6-5-9-21-14-17/h7-8,12,16-17,21H,5-6,9-11,13-14H2,1-4H3,(H,22,24). The number of rotatable bonds is 8. The average Bonchev–Trinajstić information content (AvgIpc) is 2.57. The molecule has 1 aromatic carbocycles. The van der Waals surface area contributed by atoms with Gasteiger partial charge in [-0.25, -0.2) is 0 Å². The summed E-state index contributed by atoms with van der Waals surface area (Å²) in [5, 5.41) is 6.48. The van der Waals surface area contributed by atoms with Gasteiger partial charge in [-0.05, 0) is 76.5 Å². The van der Waals surface area contributed by atoms with Gasteiger partial charge in [0.15, 0.2) is 0 Å². The summed E-state index contributed by atoms with van der Waals surface area (Å²) < 4.78 is 5.88. The van der Waals surface area contributed by atoms with Crippen LogP contribution in [0.25, 0.3) is 0 Å². The van der Waals surface area contributed by atoms with Gasteiger partial charge in [-0.15, -0.1) is 0 Å². The SMILES string of the molecule is Cc1ccc(NC(=O)CC(C)C2CCCNC2)c(OCCN(C)C)c1. The summed E-state index contributed by atoms with van der Waals surface area (Å²) in [6, 6.07) is 5.92. The summed E-state index contributed by atoms with van der Waals surface area (Å²) in [5.41, 5.74) is 1.89. The number of likely N-dealkylation sites (N-methyl/N-ethyl adjacent to an activating group) is 1. The second-order valence-electron chi connectivity index (χ2n) is 7.49. The van der Waals surface area contributed by atoms with Crippen molar-refractivity contribution in [1.82, 2.24) is 10.2 Å². The molecule has 0 spiro atoms. The van der Waals surface area contributed by atoms with Crippen LogP contribution >= 0.6 is 0 Å². The van der Waals surface area contributed by atoms with E-state index in [1.807, 2.05) is 39.2 Å². The molecular weight excluding hydrogens is 314 g/mol. The zero-order chi connectivity index (χ0) is 18.2. The molecule has 1 aliphatic rings. The number of carbonyl (C=O) groups is 1. The normalized spacial score (nSPS) is 18.8. The molecule has 1 aliphatic heterocycles. The van der Waals surface area contributed by atoms with Crippen LogP contribution in [0.4, 0.5) is 5.69 Å². The number of anilines is 1. The molecule has 2 unspecified atom stereocenters. The Morgan fingerprint density at radius 2 is 2.24 bits per heavy atom. The van der Waals surface area contributed by atoms with Gasteiger partial charge < -0.3 is 20.3 Å². The maximum absolute atomic E-state index is 12.5. The summed E-state index contributed by atoms with van der Waals surface area (Å²) in [7, 11) is 4.04. The molecule has 1 heterocycles. The summed E-state index contributed by atoms with van der Waals surface area (Å²) >= 11 is 0. The van der Waals surface area contributed by atoms with Crippen molar-refractivity contribution >= 4 is 11.6 Å². The van der Waals surface area contributed by atoms with Gasteiger partial charge in [0, 0.05) is 13.0 Å². The summed E-state index contributed by atoms with van der Waals surface area (Å²) in [4.78, 5) is 14.6. The van der Waals surface area contributed by atoms with Gasteiger partial charge >= 0.3 is 0 Å². The molecule has 1 aromatic rings. The quantitative estimate of drug-likeness (QED) is 0.759. The number of hydrogen-bond donors (Lipinski definition) is 2. The lowest BCUT2D eigenvalue weighted by atomic mass is 9.85. The van der Waals surface area contributed by atoms with Crippen LogP contribution < -0.4 is 15.4 Å². The van der Waals surface area contributed by atoms with E-state index in [4.69, 9.17) is 4.74 Å². The number of hydrogen-bond acceptors (Lipinski definition) is 4. The minimum absolute atomic E-state index is 0.0689. The molecule has 5 nitrogen and oxygen atoms in total. The third kappa shape index (κ3) is 6.67. The van der Waals surface area contributed by atoms with Crippen molar-refractivity contribution in [2.75, 3.05) is 45.7 Å². The molecule has 1 fully saturated rings. The van der Waals surface area contributed by atoms with Gasteiger partial charge in [0.25, 0.3) is 0 Å². The second kappa shape index (κ2) is 9.78. The minimum Gasteiger partial charge on any atom is -0.490 e. The zero-order valence-corrected chi connectivity index (χ0v) is 16.1. The number of nitrogens with zero attached hydrogens (tertiary/aromatic N) is 1. The largest absolute Gasteiger partial charge is 0.490 e. The molecule has 0 saturated carbocycles. The van der Waals surface area contributed by atoms with E-state index in [1.165, 1.54) is 12.8 Å². The molecule has 0 aliphatic carbocycles. The monoisotopic (exact) mass is 347 g/mol. The van der Waals surface area contributed by atoms with Crippen LogP contribution in [-0.4, -0.2) is 51.1 Å². The smallest absolute Gasteiger partial charge is 0.224 e. The Bertz CT molecular complexity index is 554. The van der Waals surface area contributed by atoms with Crippen molar-refractivity contribution in [3.63, 3.8) is 0 Å². The molecule has 140 valence electrons. The number of carbonyl (C=O) groups excluding carboxylic acids is 1. The van der Waals surface area contributed by atoms with E-state index in [2.05, 4.69) is 22.5 Å². The highest BCUT2D eigenvalue weighted by atomic mass is 16.5. The Hall–Kier alpha value is -1.59. The molecule has 2 N–H and O–H groups in total. The summed E-state index contributed by atoms with van der Waals surface area (Å²) in [6.07, 6.45) is 2.97. The van der Waals surface area contributed by atoms with E-state index >= 15 is 0 Å². The van der Waals surface area contributed by atoms with Crippen LogP contribution in [-0.2, 0) is 4.79 Å². The lowest BCUT2D eigenvalue weighted by Crippen LogP contribution is -2.34. The highest BCUT2D eigenvalue weighted by Gasteiger charge is 2.22. The highest BCUT2D eigenvalue weighted by molar-refractivity contribution is 5.92. The molecule has 2 rings (SSSR count). The van der Waals surface area contributed by atoms with Gasteiger partial charge in [0.05, 0.1) is 5.69 Å². The van der Waals surface area contributed by atoms with Crippen molar-refractivity contribution < 1.29 is 9.53 Å². The average molecular weight is 348 g/mol. The number of ether oxygens (including phenoxy) is 1. The highest BCUT2D eigenvalue weighted by Crippen LogP contribution is 2.27. The van der Waals surface area contributed by atoms with Crippen LogP contribution in [0.1, 0.15) is 31.7 Å². The molecule has 1 saturated heterocycles.